The molecule has 2 aliphatic heterocycles. The first-order chi connectivity index (χ1) is 12.7. The molecule has 136 valence electrons. The van der Waals surface area contributed by atoms with E-state index >= 15 is 0 Å². The summed E-state index contributed by atoms with van der Waals surface area (Å²) in [4.78, 5) is 12.5. The van der Waals surface area contributed by atoms with Crippen LogP contribution in [0.1, 0.15) is 15.9 Å². The molecule has 0 radical (unpaired) electrons. The zero-order valence-electron chi connectivity index (χ0n) is 14.4. The second-order valence-corrected chi connectivity index (χ2v) is 5.86. The SMILES string of the molecule is COc1cc(C(=O)NCc2ccc3c(c2)OCCO3)cc2c1OCCO2. The molecule has 1 amide bonds. The van der Waals surface area contributed by atoms with E-state index in [1.54, 1.807) is 12.1 Å². The van der Waals surface area contributed by atoms with E-state index in [4.69, 9.17) is 23.7 Å². The average molecular weight is 357 g/mol. The van der Waals surface area contributed by atoms with Crippen LogP contribution in [0.5, 0.6) is 28.7 Å². The molecule has 1 N–H and O–H groups in total. The smallest absolute Gasteiger partial charge is 0.251 e. The molecule has 0 spiro atoms. The number of hydrogen-bond acceptors (Lipinski definition) is 6. The number of carbonyl (C=O) groups is 1. The van der Waals surface area contributed by atoms with Gasteiger partial charge in [0, 0.05) is 12.1 Å². The minimum absolute atomic E-state index is 0.227. The maximum absolute atomic E-state index is 12.5. The highest BCUT2D eigenvalue weighted by Gasteiger charge is 2.21. The predicted octanol–water partition coefficient (Wildman–Crippen LogP) is 2.17. The molecule has 0 aliphatic carbocycles. The predicted molar refractivity (Wildman–Crippen MR) is 92.6 cm³/mol. The van der Waals surface area contributed by atoms with Gasteiger partial charge in [-0.25, -0.2) is 0 Å². The lowest BCUT2D eigenvalue weighted by Crippen LogP contribution is -2.24. The second-order valence-electron chi connectivity index (χ2n) is 5.86. The highest BCUT2D eigenvalue weighted by molar-refractivity contribution is 5.95. The van der Waals surface area contributed by atoms with E-state index in [0.717, 1.165) is 11.3 Å². The van der Waals surface area contributed by atoms with Crippen molar-refractivity contribution in [2.75, 3.05) is 33.5 Å². The van der Waals surface area contributed by atoms with Gasteiger partial charge in [-0.2, -0.15) is 0 Å². The maximum Gasteiger partial charge on any atom is 0.251 e. The van der Waals surface area contributed by atoms with Gasteiger partial charge in [0.15, 0.2) is 23.0 Å². The highest BCUT2D eigenvalue weighted by Crippen LogP contribution is 2.40. The van der Waals surface area contributed by atoms with E-state index in [1.165, 1.54) is 7.11 Å². The van der Waals surface area contributed by atoms with Gasteiger partial charge in [-0.15, -0.1) is 0 Å². The molecule has 2 aromatic carbocycles. The number of ether oxygens (including phenoxy) is 5. The van der Waals surface area contributed by atoms with Crippen LogP contribution >= 0.6 is 0 Å². The van der Waals surface area contributed by atoms with E-state index in [2.05, 4.69) is 5.32 Å². The first-order valence-corrected chi connectivity index (χ1v) is 8.39. The summed E-state index contributed by atoms with van der Waals surface area (Å²) >= 11 is 0. The molecule has 2 aliphatic rings. The third-order valence-electron chi connectivity index (χ3n) is 4.15. The summed E-state index contributed by atoms with van der Waals surface area (Å²) in [6.07, 6.45) is 0. The Morgan fingerprint density at radius 1 is 0.962 bits per heavy atom. The molecule has 2 heterocycles. The lowest BCUT2D eigenvalue weighted by atomic mass is 10.1. The Morgan fingerprint density at radius 2 is 1.69 bits per heavy atom. The van der Waals surface area contributed by atoms with Gasteiger partial charge in [-0.05, 0) is 29.8 Å². The fourth-order valence-corrected chi connectivity index (χ4v) is 2.89. The van der Waals surface area contributed by atoms with E-state index in [-0.39, 0.29) is 5.91 Å². The highest BCUT2D eigenvalue weighted by atomic mass is 16.6. The Balaban J connectivity index is 1.48. The third-order valence-corrected chi connectivity index (χ3v) is 4.15. The Labute approximate surface area is 150 Å². The number of carbonyl (C=O) groups excluding carboxylic acids is 1. The molecule has 4 rings (SSSR count). The molecule has 2 aromatic rings. The summed E-state index contributed by atoms with van der Waals surface area (Å²) in [5, 5.41) is 2.89. The van der Waals surface area contributed by atoms with E-state index in [1.807, 2.05) is 18.2 Å². The van der Waals surface area contributed by atoms with Crippen LogP contribution in [-0.4, -0.2) is 39.4 Å². The van der Waals surface area contributed by atoms with Crippen molar-refractivity contribution in [1.29, 1.82) is 0 Å². The van der Waals surface area contributed by atoms with E-state index in [9.17, 15) is 4.79 Å². The molecule has 0 atom stereocenters. The van der Waals surface area contributed by atoms with Crippen LogP contribution in [0.3, 0.4) is 0 Å². The molecule has 0 bridgehead atoms. The van der Waals surface area contributed by atoms with Crippen LogP contribution < -0.4 is 29.0 Å². The standard InChI is InChI=1S/C19H19NO6/c1-22-16-9-13(10-17-18(16)26-7-6-25-17)19(21)20-11-12-2-3-14-15(8-12)24-5-4-23-14/h2-3,8-10H,4-7,11H2,1H3,(H,20,21). The van der Waals surface area contributed by atoms with Crippen molar-refractivity contribution in [1.82, 2.24) is 5.32 Å². The normalized spacial score (nSPS) is 14.5. The fourth-order valence-electron chi connectivity index (χ4n) is 2.89. The van der Waals surface area contributed by atoms with Crippen molar-refractivity contribution in [2.24, 2.45) is 0 Å². The summed E-state index contributed by atoms with van der Waals surface area (Å²) in [7, 11) is 1.53. The van der Waals surface area contributed by atoms with E-state index in [0.29, 0.717) is 61.5 Å². The van der Waals surface area contributed by atoms with E-state index < -0.39 is 0 Å². The van der Waals surface area contributed by atoms with Gasteiger partial charge < -0.3 is 29.0 Å². The van der Waals surface area contributed by atoms with Gasteiger partial charge in [0.25, 0.3) is 5.91 Å². The van der Waals surface area contributed by atoms with Crippen molar-refractivity contribution in [3.63, 3.8) is 0 Å². The number of amides is 1. The van der Waals surface area contributed by atoms with Crippen LogP contribution in [0.2, 0.25) is 0 Å². The molecule has 0 saturated heterocycles. The summed E-state index contributed by atoms with van der Waals surface area (Å²) in [6.45, 7) is 2.35. The molecule has 0 aromatic heterocycles. The third kappa shape index (κ3) is 3.20. The van der Waals surface area contributed by atoms with Crippen molar-refractivity contribution in [3.05, 3.63) is 41.5 Å². The molecule has 0 saturated carbocycles. The number of fused-ring (bicyclic) bond motifs is 2. The Bertz CT molecular complexity index is 818. The van der Waals surface area contributed by atoms with Crippen molar-refractivity contribution in [3.8, 4) is 28.7 Å². The van der Waals surface area contributed by atoms with Crippen LogP contribution in [0.25, 0.3) is 0 Å². The summed E-state index contributed by atoms with van der Waals surface area (Å²) in [5.41, 5.74) is 1.37. The largest absolute Gasteiger partial charge is 0.493 e. The van der Waals surface area contributed by atoms with Crippen LogP contribution in [0.15, 0.2) is 30.3 Å². The first-order valence-electron chi connectivity index (χ1n) is 8.39. The van der Waals surface area contributed by atoms with Gasteiger partial charge >= 0.3 is 0 Å². The molecule has 26 heavy (non-hydrogen) atoms. The number of methoxy groups -OCH3 is 1. The van der Waals surface area contributed by atoms with Gasteiger partial charge in [0.1, 0.15) is 26.4 Å². The van der Waals surface area contributed by atoms with Crippen LogP contribution in [0.4, 0.5) is 0 Å². The van der Waals surface area contributed by atoms with Crippen molar-refractivity contribution in [2.45, 2.75) is 6.54 Å². The second kappa shape index (κ2) is 7.03. The summed E-state index contributed by atoms with van der Waals surface area (Å²) < 4.78 is 27.5. The average Bonchev–Trinajstić information content (AvgIpc) is 2.71. The molecule has 0 fully saturated rings. The number of benzene rings is 2. The molecular formula is C19H19NO6. The zero-order chi connectivity index (χ0) is 17.9. The van der Waals surface area contributed by atoms with Crippen molar-refractivity contribution >= 4 is 5.91 Å². The van der Waals surface area contributed by atoms with Crippen LogP contribution in [0, 0.1) is 0 Å². The van der Waals surface area contributed by atoms with Gasteiger partial charge in [-0.3, -0.25) is 4.79 Å². The van der Waals surface area contributed by atoms with Gasteiger partial charge in [0.05, 0.1) is 7.11 Å². The Morgan fingerprint density at radius 3 is 2.50 bits per heavy atom. The monoisotopic (exact) mass is 357 g/mol. The molecular weight excluding hydrogens is 338 g/mol. The maximum atomic E-state index is 12.5. The number of rotatable bonds is 4. The number of hydrogen-bond donors (Lipinski definition) is 1. The molecule has 0 unspecified atom stereocenters. The van der Waals surface area contributed by atoms with Gasteiger partial charge in [-0.1, -0.05) is 6.07 Å². The lowest BCUT2D eigenvalue weighted by Gasteiger charge is -2.21. The summed E-state index contributed by atoms with van der Waals surface area (Å²) in [6, 6.07) is 8.93. The minimum Gasteiger partial charge on any atom is -0.493 e. The quantitative estimate of drug-likeness (QED) is 0.904. The van der Waals surface area contributed by atoms with Gasteiger partial charge in [0.2, 0.25) is 5.75 Å². The van der Waals surface area contributed by atoms with Crippen LogP contribution in [-0.2, 0) is 6.54 Å². The first kappa shape index (κ1) is 16.4. The number of nitrogens with one attached hydrogen (secondary N) is 1. The fraction of sp³-hybridized carbons (Fsp3) is 0.316. The summed E-state index contributed by atoms with van der Waals surface area (Å²) in [5.74, 6) is 2.72. The Hall–Kier alpha value is -3.09. The minimum atomic E-state index is -0.227. The topological polar surface area (TPSA) is 75.3 Å². The zero-order valence-corrected chi connectivity index (χ0v) is 14.4. The molecule has 7 heteroatoms. The lowest BCUT2D eigenvalue weighted by molar-refractivity contribution is 0.0948. The molecule has 7 nitrogen and oxygen atoms in total. The van der Waals surface area contributed by atoms with Crippen molar-refractivity contribution < 1.29 is 28.5 Å². The Kier molecular flexibility index (Phi) is 4.43.